The fraction of sp³-hybridized carbons (Fsp3) is 0.406. The predicted molar refractivity (Wildman–Crippen MR) is 185 cm³/mol. The molecule has 4 atom stereocenters. The molecule has 17 heteroatoms. The van der Waals surface area contributed by atoms with Gasteiger partial charge in [-0.15, -0.1) is 11.3 Å². The molecule has 0 aliphatic carbocycles. The predicted octanol–water partition coefficient (Wildman–Crippen LogP) is 2.64. The number of esters is 1. The van der Waals surface area contributed by atoms with Crippen molar-refractivity contribution in [2.75, 3.05) is 0 Å². The number of carboxylic acids is 1. The van der Waals surface area contributed by atoms with Gasteiger partial charge in [-0.2, -0.15) is 0 Å². The molecule has 2 aromatic rings. The topological polar surface area (TPSA) is 223 Å². The number of hydrogen-bond acceptors (Lipinski definition) is 10. The molecule has 0 bridgehead atoms. The number of amides is 5. The van der Waals surface area contributed by atoms with Crippen molar-refractivity contribution >= 4 is 76.0 Å². The molecule has 7 N–H and O–H groups in total. The summed E-state index contributed by atoms with van der Waals surface area (Å²) in [6.45, 7) is 6.93. The van der Waals surface area contributed by atoms with Crippen LogP contribution in [-0.2, 0) is 51.1 Å². The highest BCUT2D eigenvalue weighted by Gasteiger charge is 2.31. The van der Waals surface area contributed by atoms with Crippen molar-refractivity contribution in [3.8, 4) is 0 Å². The van der Waals surface area contributed by atoms with Crippen LogP contribution in [-0.4, -0.2) is 70.9 Å². The number of carbonyl (C=O) groups excluding carboxylic acids is 6. The summed E-state index contributed by atoms with van der Waals surface area (Å²) in [7, 11) is 0. The molecule has 1 heterocycles. The lowest BCUT2D eigenvalue weighted by atomic mass is 10.0. The average molecular weight is 743 g/mol. The third kappa shape index (κ3) is 17.6. The molecule has 0 unspecified atom stereocenters. The molecule has 49 heavy (non-hydrogen) atoms. The fourth-order valence-corrected chi connectivity index (χ4v) is 5.33. The second kappa shape index (κ2) is 21.6. The Bertz CT molecular complexity index is 1510. The maximum absolute atomic E-state index is 13.7. The summed E-state index contributed by atoms with van der Waals surface area (Å²) in [4.78, 5) is 85.2. The molecule has 2 rings (SSSR count). The highest BCUT2D eigenvalue weighted by atomic mass is 35.5. The van der Waals surface area contributed by atoms with Gasteiger partial charge in [0, 0.05) is 55.0 Å². The number of carboxylic acid groups (broad SMARTS) is 1. The van der Waals surface area contributed by atoms with E-state index in [1.54, 1.807) is 29.6 Å². The minimum atomic E-state index is -1.62. The molecule has 0 saturated carbocycles. The zero-order chi connectivity index (χ0) is 37.3. The molecule has 0 aliphatic rings. The Morgan fingerprint density at radius 3 is 2.04 bits per heavy atom. The zero-order valence-corrected chi connectivity index (χ0v) is 30.0. The van der Waals surface area contributed by atoms with Crippen LogP contribution >= 0.6 is 34.5 Å². The molecule has 1 aromatic heterocycles. The average Bonchev–Trinajstić information content (AvgIpc) is 3.49. The number of ether oxygens (including phenoxy) is 1. The normalized spacial score (nSPS) is 13.3. The van der Waals surface area contributed by atoms with Crippen LogP contribution in [0.5, 0.6) is 0 Å². The number of aliphatic carboxylic acids is 1. The molecule has 0 radical (unpaired) electrons. The number of benzene rings is 1. The van der Waals surface area contributed by atoms with Crippen LogP contribution < -0.4 is 27.0 Å². The van der Waals surface area contributed by atoms with E-state index in [1.165, 1.54) is 17.4 Å². The van der Waals surface area contributed by atoms with Crippen molar-refractivity contribution in [2.45, 2.75) is 84.7 Å². The molecular weight excluding hydrogens is 701 g/mol. The van der Waals surface area contributed by atoms with Gasteiger partial charge in [-0.25, -0.2) is 0 Å². The minimum Gasteiger partial charge on any atom is -0.481 e. The summed E-state index contributed by atoms with van der Waals surface area (Å²) in [5.74, 6) is -5.49. The molecule has 268 valence electrons. The standard InChI is InChI=1S/C30H37Cl2N5O7S.C2H4O2/c1-5-16(2)11-26(33)37-29(42)23(12-19-8-9-20(31)13-22(19)32)36-28(41)24(14-21-7-6-10-45-21)35-27(40)15-25(44-18(4)39)30(43)34-17(3)38;1-2(3)4/h5-10,13,23-26H,11-12,14-15,33H2,1-4H3,(H,35,40)(H,36,41)(H,37,42)(H,34,38,43);1H3,(H,3,4)/b16-5+;/t23-,24+,25+,26+;/m0./s1. The SMILES string of the molecule is C/C=C(\C)C[C@H](N)NC(=O)[C@H](Cc1ccc(Cl)cc1Cl)NC(=O)[C@@H](Cc1cccs1)NC(=O)C[C@@H](OC(C)=O)C(=O)NC(C)=O.CC(=O)O. The number of halogens is 2. The van der Waals surface area contributed by atoms with Crippen LogP contribution in [0.1, 0.15) is 57.9 Å². The van der Waals surface area contributed by atoms with E-state index in [2.05, 4.69) is 16.0 Å². The van der Waals surface area contributed by atoms with E-state index in [-0.39, 0.29) is 17.9 Å². The monoisotopic (exact) mass is 741 g/mol. The molecule has 1 aromatic carbocycles. The molecular formula is C32H41Cl2N5O9S. The van der Waals surface area contributed by atoms with Crippen molar-refractivity contribution in [3.63, 3.8) is 0 Å². The van der Waals surface area contributed by atoms with Crippen LogP contribution in [0.3, 0.4) is 0 Å². The van der Waals surface area contributed by atoms with E-state index in [1.807, 2.05) is 25.2 Å². The summed E-state index contributed by atoms with van der Waals surface area (Å²) in [6, 6.07) is 5.91. The van der Waals surface area contributed by atoms with Gasteiger partial charge in [-0.3, -0.25) is 38.9 Å². The van der Waals surface area contributed by atoms with E-state index < -0.39 is 72.2 Å². The highest BCUT2D eigenvalue weighted by molar-refractivity contribution is 7.09. The van der Waals surface area contributed by atoms with E-state index in [9.17, 15) is 28.8 Å². The Balaban J connectivity index is 0.00000283. The molecule has 0 aliphatic heterocycles. The zero-order valence-electron chi connectivity index (χ0n) is 27.6. The molecule has 0 fully saturated rings. The van der Waals surface area contributed by atoms with E-state index in [0.29, 0.717) is 17.0 Å². The van der Waals surface area contributed by atoms with Crippen LogP contribution in [0, 0.1) is 0 Å². The summed E-state index contributed by atoms with van der Waals surface area (Å²) < 4.78 is 4.93. The Labute approximate surface area is 298 Å². The number of imide groups is 1. The van der Waals surface area contributed by atoms with Crippen molar-refractivity contribution in [1.82, 2.24) is 21.3 Å². The van der Waals surface area contributed by atoms with Crippen molar-refractivity contribution in [2.24, 2.45) is 5.73 Å². The van der Waals surface area contributed by atoms with E-state index in [4.69, 9.17) is 43.6 Å². The lowest BCUT2D eigenvalue weighted by Crippen LogP contribution is -2.57. The lowest BCUT2D eigenvalue weighted by Gasteiger charge is -2.25. The van der Waals surface area contributed by atoms with Crippen LogP contribution in [0.2, 0.25) is 10.0 Å². The highest BCUT2D eigenvalue weighted by Crippen LogP contribution is 2.22. The Hall–Kier alpha value is -4.31. The lowest BCUT2D eigenvalue weighted by molar-refractivity contribution is -0.156. The number of carbonyl (C=O) groups is 7. The first-order valence-corrected chi connectivity index (χ1v) is 16.5. The molecule has 5 amide bonds. The van der Waals surface area contributed by atoms with Gasteiger partial charge in [0.05, 0.1) is 12.6 Å². The smallest absolute Gasteiger partial charge is 0.303 e. The number of allylic oxidation sites excluding steroid dienone is 1. The maximum Gasteiger partial charge on any atom is 0.303 e. The largest absolute Gasteiger partial charge is 0.481 e. The van der Waals surface area contributed by atoms with Gasteiger partial charge in [-0.1, -0.05) is 47.0 Å². The van der Waals surface area contributed by atoms with Crippen LogP contribution in [0.25, 0.3) is 0 Å². The van der Waals surface area contributed by atoms with Gasteiger partial charge in [0.15, 0.2) is 6.10 Å². The third-order valence-electron chi connectivity index (χ3n) is 6.34. The molecule has 0 saturated heterocycles. The van der Waals surface area contributed by atoms with Gasteiger partial charge >= 0.3 is 5.97 Å². The Morgan fingerprint density at radius 1 is 0.898 bits per heavy atom. The number of hydrogen-bond donors (Lipinski definition) is 6. The van der Waals surface area contributed by atoms with Gasteiger partial charge in [0.25, 0.3) is 11.9 Å². The van der Waals surface area contributed by atoms with Crippen molar-refractivity contribution < 1.29 is 43.4 Å². The maximum atomic E-state index is 13.7. The quantitative estimate of drug-likeness (QED) is 0.0889. The fourth-order valence-electron chi connectivity index (χ4n) is 4.09. The number of thiophene rings is 1. The second-order valence-electron chi connectivity index (χ2n) is 10.7. The third-order valence-corrected chi connectivity index (χ3v) is 7.83. The van der Waals surface area contributed by atoms with Gasteiger partial charge < -0.3 is 31.5 Å². The number of rotatable bonds is 15. The summed E-state index contributed by atoms with van der Waals surface area (Å²) in [5, 5.41) is 19.8. The minimum absolute atomic E-state index is 0.0255. The Morgan fingerprint density at radius 2 is 1.51 bits per heavy atom. The van der Waals surface area contributed by atoms with E-state index in [0.717, 1.165) is 31.2 Å². The van der Waals surface area contributed by atoms with Crippen LogP contribution in [0.4, 0.5) is 0 Å². The van der Waals surface area contributed by atoms with Crippen molar-refractivity contribution in [3.05, 3.63) is 67.8 Å². The first-order valence-electron chi connectivity index (χ1n) is 14.8. The van der Waals surface area contributed by atoms with E-state index >= 15 is 0 Å². The number of nitrogens with one attached hydrogen (secondary N) is 4. The summed E-state index contributed by atoms with van der Waals surface area (Å²) in [5.41, 5.74) is 7.62. The molecule has 0 spiro atoms. The number of nitrogens with two attached hydrogens (primary N) is 1. The van der Waals surface area contributed by atoms with Gasteiger partial charge in [0.2, 0.25) is 23.6 Å². The Kier molecular flexibility index (Phi) is 18.8. The summed E-state index contributed by atoms with van der Waals surface area (Å²) in [6.07, 6.45) is -0.768. The van der Waals surface area contributed by atoms with Crippen LogP contribution in [0.15, 0.2) is 47.4 Å². The first kappa shape index (κ1) is 42.7. The van der Waals surface area contributed by atoms with Gasteiger partial charge in [0.1, 0.15) is 12.1 Å². The van der Waals surface area contributed by atoms with Gasteiger partial charge in [-0.05, 0) is 43.0 Å². The first-order chi connectivity index (χ1) is 22.9. The second-order valence-corrected chi connectivity index (χ2v) is 12.6. The summed E-state index contributed by atoms with van der Waals surface area (Å²) >= 11 is 13.7. The van der Waals surface area contributed by atoms with Crippen molar-refractivity contribution in [1.29, 1.82) is 0 Å². The molecule has 14 nitrogen and oxygen atoms in total.